The van der Waals surface area contributed by atoms with Crippen LogP contribution in [0.4, 0.5) is 33.3 Å². The van der Waals surface area contributed by atoms with E-state index in [1.54, 1.807) is 27.6 Å². The summed E-state index contributed by atoms with van der Waals surface area (Å²) in [6.45, 7) is 4.65. The van der Waals surface area contributed by atoms with Crippen LogP contribution < -0.4 is 19.9 Å². The summed E-state index contributed by atoms with van der Waals surface area (Å²) in [6.07, 6.45) is -2.71. The summed E-state index contributed by atoms with van der Waals surface area (Å²) < 4.78 is 73.3. The van der Waals surface area contributed by atoms with Crippen molar-refractivity contribution >= 4 is 34.5 Å². The zero-order valence-corrected chi connectivity index (χ0v) is 23.4. The molecular formula is C29H27ClF5N5O2. The highest BCUT2D eigenvalue weighted by Crippen LogP contribution is 2.30. The number of hydrogen-bond acceptors (Lipinski definition) is 5. The summed E-state index contributed by atoms with van der Waals surface area (Å²) in [5.74, 6) is -2.89. The van der Waals surface area contributed by atoms with Gasteiger partial charge in [-0.05, 0) is 55.8 Å². The summed E-state index contributed by atoms with van der Waals surface area (Å²) in [5.41, 5.74) is 2.14. The Hall–Kier alpha value is -4.06. The van der Waals surface area contributed by atoms with E-state index in [-0.39, 0.29) is 35.3 Å². The summed E-state index contributed by atoms with van der Waals surface area (Å²) >= 11 is 6.09. The Labute approximate surface area is 243 Å². The zero-order valence-electron chi connectivity index (χ0n) is 22.7. The number of hydrogen-bond donors (Lipinski definition) is 1. The molecule has 1 fully saturated rings. The molecule has 0 radical (unpaired) electrons. The van der Waals surface area contributed by atoms with Crippen LogP contribution in [0, 0.1) is 11.6 Å². The fourth-order valence-electron chi connectivity index (χ4n) is 5.17. The number of rotatable bonds is 7. The van der Waals surface area contributed by atoms with Gasteiger partial charge in [-0.2, -0.15) is 0 Å². The van der Waals surface area contributed by atoms with Crippen LogP contribution in [0.1, 0.15) is 35.6 Å². The van der Waals surface area contributed by atoms with Crippen LogP contribution in [0.15, 0.2) is 54.7 Å². The fourth-order valence-corrected chi connectivity index (χ4v) is 5.33. The van der Waals surface area contributed by atoms with Crippen molar-refractivity contribution in [2.45, 2.75) is 39.2 Å². The van der Waals surface area contributed by atoms with Gasteiger partial charge >= 0.3 is 6.36 Å². The predicted molar refractivity (Wildman–Crippen MR) is 149 cm³/mol. The number of carbonyl (C=O) groups excluding carboxylic acids is 1. The van der Waals surface area contributed by atoms with Gasteiger partial charge < -0.3 is 19.9 Å². The van der Waals surface area contributed by atoms with Crippen molar-refractivity contribution in [2.75, 3.05) is 29.4 Å². The first-order chi connectivity index (χ1) is 19.9. The van der Waals surface area contributed by atoms with Crippen molar-refractivity contribution in [3.8, 4) is 5.75 Å². The predicted octanol–water partition coefficient (Wildman–Crippen LogP) is 6.37. The number of imidazole rings is 1. The van der Waals surface area contributed by atoms with Gasteiger partial charge in [0, 0.05) is 49.7 Å². The number of halogens is 6. The van der Waals surface area contributed by atoms with Crippen LogP contribution >= 0.6 is 11.6 Å². The fraction of sp³-hybridized carbons (Fsp3) is 0.310. The molecule has 7 nitrogen and oxygen atoms in total. The molecule has 1 aliphatic rings. The molecule has 0 unspecified atom stereocenters. The van der Waals surface area contributed by atoms with Crippen LogP contribution in [0.5, 0.6) is 5.75 Å². The maximum atomic E-state index is 15.3. The molecule has 13 heteroatoms. The van der Waals surface area contributed by atoms with E-state index >= 15 is 8.78 Å². The lowest BCUT2D eigenvalue weighted by molar-refractivity contribution is -0.274. The van der Waals surface area contributed by atoms with Crippen LogP contribution in [0.2, 0.25) is 5.02 Å². The molecular weight excluding hydrogens is 581 g/mol. The summed E-state index contributed by atoms with van der Waals surface area (Å²) in [5, 5.41) is 3.08. The number of ether oxygens (including phenoxy) is 1. The highest BCUT2D eigenvalue weighted by atomic mass is 35.5. The number of nitrogens with zero attached hydrogens (tertiary/aromatic N) is 4. The van der Waals surface area contributed by atoms with Gasteiger partial charge in [0.25, 0.3) is 5.91 Å². The largest absolute Gasteiger partial charge is 0.573 e. The third kappa shape index (κ3) is 6.08. The molecule has 0 aliphatic carbocycles. The third-order valence-corrected chi connectivity index (χ3v) is 7.38. The van der Waals surface area contributed by atoms with Crippen molar-refractivity contribution in [3.63, 3.8) is 0 Å². The van der Waals surface area contributed by atoms with Crippen molar-refractivity contribution in [3.05, 3.63) is 88.3 Å². The highest BCUT2D eigenvalue weighted by molar-refractivity contribution is 6.30. The normalized spacial score (nSPS) is 15.8. The van der Waals surface area contributed by atoms with E-state index in [1.807, 2.05) is 18.7 Å². The monoisotopic (exact) mass is 607 g/mol. The quantitative estimate of drug-likeness (QED) is 0.247. The number of amides is 1. The number of aryl methyl sites for hydroxylation is 1. The van der Waals surface area contributed by atoms with E-state index < -0.39 is 23.9 Å². The molecule has 1 atom stereocenters. The lowest BCUT2D eigenvalue weighted by Gasteiger charge is -2.42. The number of fused-ring (bicyclic) bond motifs is 1. The molecule has 1 saturated heterocycles. The average Bonchev–Trinajstić information content (AvgIpc) is 3.31. The summed E-state index contributed by atoms with van der Waals surface area (Å²) in [7, 11) is 0. The van der Waals surface area contributed by atoms with Gasteiger partial charge in [-0.15, -0.1) is 13.2 Å². The maximum absolute atomic E-state index is 15.3. The van der Waals surface area contributed by atoms with E-state index in [0.717, 1.165) is 0 Å². The van der Waals surface area contributed by atoms with E-state index in [2.05, 4.69) is 15.0 Å². The third-order valence-electron chi connectivity index (χ3n) is 7.16. The summed E-state index contributed by atoms with van der Waals surface area (Å²) in [4.78, 5) is 21.2. The van der Waals surface area contributed by atoms with E-state index in [0.29, 0.717) is 48.1 Å². The molecule has 2 aromatic carbocycles. The Morgan fingerprint density at radius 2 is 1.81 bits per heavy atom. The molecule has 42 heavy (non-hydrogen) atoms. The van der Waals surface area contributed by atoms with Gasteiger partial charge in [-0.1, -0.05) is 24.6 Å². The van der Waals surface area contributed by atoms with Crippen LogP contribution in [0.3, 0.4) is 0 Å². The molecule has 0 saturated carbocycles. The Morgan fingerprint density at radius 1 is 1.07 bits per heavy atom. The second-order valence-corrected chi connectivity index (χ2v) is 10.4. The van der Waals surface area contributed by atoms with Crippen molar-refractivity contribution in [2.24, 2.45) is 0 Å². The number of nitrogens with one attached hydrogen (secondary N) is 1. The molecule has 4 aromatic rings. The Kier molecular flexibility index (Phi) is 8.18. The first-order valence-electron chi connectivity index (χ1n) is 13.2. The lowest BCUT2D eigenvalue weighted by atomic mass is 10.1. The van der Waals surface area contributed by atoms with Gasteiger partial charge in [-0.3, -0.25) is 9.20 Å². The van der Waals surface area contributed by atoms with Crippen LogP contribution in [-0.2, 0) is 13.0 Å². The first kappa shape index (κ1) is 29.4. The van der Waals surface area contributed by atoms with Gasteiger partial charge in [-0.25, -0.2) is 13.8 Å². The lowest BCUT2D eigenvalue weighted by Crippen LogP contribution is -2.52. The number of anilines is 2. The molecule has 2 aromatic heterocycles. The number of benzene rings is 2. The van der Waals surface area contributed by atoms with Gasteiger partial charge in [0.1, 0.15) is 17.1 Å². The minimum Gasteiger partial charge on any atom is -0.406 e. The van der Waals surface area contributed by atoms with E-state index in [1.165, 1.54) is 36.4 Å². The zero-order chi connectivity index (χ0) is 30.2. The number of piperazine rings is 1. The van der Waals surface area contributed by atoms with Gasteiger partial charge in [0.15, 0.2) is 11.6 Å². The Bertz CT molecular complexity index is 1610. The first-order valence-corrected chi connectivity index (χ1v) is 13.6. The Balaban J connectivity index is 1.25. The topological polar surface area (TPSA) is 62.1 Å². The molecule has 222 valence electrons. The number of alkyl halides is 3. The minimum absolute atomic E-state index is 0.0117. The van der Waals surface area contributed by atoms with Crippen molar-refractivity contribution < 1.29 is 31.5 Å². The molecule has 0 bridgehead atoms. The van der Waals surface area contributed by atoms with Crippen molar-refractivity contribution in [1.29, 1.82) is 0 Å². The number of aromatic nitrogens is 2. The average molecular weight is 608 g/mol. The standard InChI is InChI=1S/C29H27ClF5N5O2/c1-3-22-27(40-16-19(30)5-11-24(40)37-22)28(41)36-14-18-4-10-23(26(32)25(18)31)38-12-13-39(17(2)15-38)20-6-8-21(9-7-20)42-29(33,34)35/h4-11,16-17H,3,12-15H2,1-2H3,(H,36,41)/t17-/m0/s1. The maximum Gasteiger partial charge on any atom is 0.573 e. The van der Waals surface area contributed by atoms with Crippen molar-refractivity contribution in [1.82, 2.24) is 14.7 Å². The van der Waals surface area contributed by atoms with Crippen LogP contribution in [0.25, 0.3) is 5.65 Å². The van der Waals surface area contributed by atoms with E-state index in [9.17, 15) is 18.0 Å². The SMILES string of the molecule is CCc1nc2ccc(Cl)cn2c1C(=O)NCc1ccc(N2CCN(c3ccc(OC(F)(F)F)cc3)[C@@H](C)C2)c(F)c1F. The molecule has 3 heterocycles. The number of carbonyl (C=O) groups is 1. The van der Waals surface area contributed by atoms with Gasteiger partial charge in [0.05, 0.1) is 16.4 Å². The summed E-state index contributed by atoms with van der Waals surface area (Å²) in [6, 6.07) is 11.7. The van der Waals surface area contributed by atoms with Gasteiger partial charge in [0.2, 0.25) is 0 Å². The van der Waals surface area contributed by atoms with Crippen LogP contribution in [-0.4, -0.2) is 47.3 Å². The van der Waals surface area contributed by atoms with E-state index in [4.69, 9.17) is 11.6 Å². The molecule has 1 aliphatic heterocycles. The Morgan fingerprint density at radius 3 is 2.48 bits per heavy atom. The second-order valence-electron chi connectivity index (χ2n) is 9.92. The smallest absolute Gasteiger partial charge is 0.406 e. The molecule has 1 amide bonds. The molecule has 5 rings (SSSR count). The number of pyridine rings is 1. The highest BCUT2D eigenvalue weighted by Gasteiger charge is 2.32. The molecule has 0 spiro atoms. The second kappa shape index (κ2) is 11.7. The molecule has 1 N–H and O–H groups in total. The minimum atomic E-state index is -4.77.